The van der Waals surface area contributed by atoms with Gasteiger partial charge >= 0.3 is 12.3 Å². The third-order valence-corrected chi connectivity index (χ3v) is 7.34. The Kier molecular flexibility index (Phi) is 6.15. The van der Waals surface area contributed by atoms with Crippen LogP contribution >= 0.6 is 11.3 Å². The van der Waals surface area contributed by atoms with Crippen molar-refractivity contribution in [3.05, 3.63) is 34.7 Å². The van der Waals surface area contributed by atoms with Crippen molar-refractivity contribution in [2.24, 2.45) is 0 Å². The first-order valence-electron chi connectivity index (χ1n) is 9.72. The first-order valence-corrected chi connectivity index (χ1v) is 10.5. The normalized spacial score (nSPS) is 18.3. The smallest absolute Gasteiger partial charge is 0.425 e. The lowest BCUT2D eigenvalue weighted by Gasteiger charge is -2.45. The molecular weight excluding hydrogens is 401 g/mol. The molecule has 1 amide bonds. The van der Waals surface area contributed by atoms with Crippen LogP contribution in [0.15, 0.2) is 24.3 Å². The van der Waals surface area contributed by atoms with E-state index in [1.54, 1.807) is 11.3 Å². The molecule has 4 nitrogen and oxygen atoms in total. The van der Waals surface area contributed by atoms with Crippen LogP contribution in [0.2, 0.25) is 0 Å². The van der Waals surface area contributed by atoms with Gasteiger partial charge in [-0.3, -0.25) is 4.90 Å². The van der Waals surface area contributed by atoms with Crippen LogP contribution in [0.4, 0.5) is 18.0 Å². The monoisotopic (exact) mass is 428 g/mol. The summed E-state index contributed by atoms with van der Waals surface area (Å²) >= 11 is 1.80. The van der Waals surface area contributed by atoms with Gasteiger partial charge in [-0.15, -0.1) is 11.3 Å². The highest BCUT2D eigenvalue weighted by Crippen LogP contribution is 2.35. The average molecular weight is 429 g/mol. The Hall–Kier alpha value is -1.80. The zero-order valence-corrected chi connectivity index (χ0v) is 18.0. The molecule has 8 heteroatoms. The molecule has 0 radical (unpaired) electrons. The number of alkyl halides is 3. The summed E-state index contributed by atoms with van der Waals surface area (Å²) in [6.07, 6.45) is -6.16. The van der Waals surface area contributed by atoms with Crippen molar-refractivity contribution in [3.8, 4) is 0 Å². The van der Waals surface area contributed by atoms with E-state index in [0.717, 1.165) is 13.5 Å². The van der Waals surface area contributed by atoms with E-state index in [9.17, 15) is 18.0 Å². The molecule has 1 aliphatic rings. The standard InChI is InChI=1S/C21H27F3N2O2S/c1-14-16-7-5-6-8-17(16)29-18(14)13-25(4)20(3)9-11-26(12-10-20)19(27)28-15(2)21(22,23)24/h5-8,15H,9-13H2,1-4H3. The van der Waals surface area contributed by atoms with Crippen LogP contribution in [0.3, 0.4) is 0 Å². The predicted molar refractivity (Wildman–Crippen MR) is 109 cm³/mol. The molecule has 1 saturated heterocycles. The summed E-state index contributed by atoms with van der Waals surface area (Å²) in [5, 5.41) is 1.28. The molecule has 3 rings (SSSR count). The van der Waals surface area contributed by atoms with Crippen LogP contribution in [0.5, 0.6) is 0 Å². The number of hydrogen-bond acceptors (Lipinski definition) is 4. The third kappa shape index (κ3) is 4.69. The molecule has 1 fully saturated rings. The van der Waals surface area contributed by atoms with Crippen LogP contribution in [0.1, 0.15) is 37.1 Å². The Bertz CT molecular complexity index is 872. The van der Waals surface area contributed by atoms with Crippen molar-refractivity contribution < 1.29 is 22.7 Å². The molecule has 2 heterocycles. The number of carbonyl (C=O) groups is 1. The zero-order chi connectivity index (χ0) is 21.4. The fourth-order valence-electron chi connectivity index (χ4n) is 3.63. The maximum atomic E-state index is 12.6. The first kappa shape index (κ1) is 21.9. The van der Waals surface area contributed by atoms with E-state index in [1.165, 1.54) is 25.4 Å². The largest absolute Gasteiger partial charge is 0.437 e. The molecular formula is C21H27F3N2O2S. The molecule has 0 bridgehead atoms. The number of halogens is 3. The lowest BCUT2D eigenvalue weighted by Crippen LogP contribution is -2.53. The Labute approximate surface area is 173 Å². The lowest BCUT2D eigenvalue weighted by molar-refractivity contribution is -0.200. The first-order chi connectivity index (χ1) is 13.5. The summed E-state index contributed by atoms with van der Waals surface area (Å²) < 4.78 is 43.7. The maximum Gasteiger partial charge on any atom is 0.425 e. The summed E-state index contributed by atoms with van der Waals surface area (Å²) in [7, 11) is 2.07. The molecule has 1 aromatic heterocycles. The maximum absolute atomic E-state index is 12.6. The van der Waals surface area contributed by atoms with E-state index < -0.39 is 18.4 Å². The number of piperidine rings is 1. The van der Waals surface area contributed by atoms with E-state index in [-0.39, 0.29) is 5.54 Å². The molecule has 1 unspecified atom stereocenters. The minimum Gasteiger partial charge on any atom is -0.437 e. The summed E-state index contributed by atoms with van der Waals surface area (Å²) in [6, 6.07) is 8.36. The van der Waals surface area contributed by atoms with Crippen LogP contribution in [0, 0.1) is 6.92 Å². The number of nitrogens with zero attached hydrogens (tertiary/aromatic N) is 2. The van der Waals surface area contributed by atoms with E-state index in [1.807, 2.05) is 12.1 Å². The number of benzene rings is 1. The number of likely N-dealkylation sites (tertiary alicyclic amines) is 1. The highest BCUT2D eigenvalue weighted by atomic mass is 32.1. The van der Waals surface area contributed by atoms with Crippen molar-refractivity contribution in [2.75, 3.05) is 20.1 Å². The van der Waals surface area contributed by atoms with Gasteiger partial charge in [0.05, 0.1) is 0 Å². The van der Waals surface area contributed by atoms with Crippen LogP contribution in [0.25, 0.3) is 10.1 Å². The Morgan fingerprint density at radius 2 is 1.93 bits per heavy atom. The SMILES string of the molecule is Cc1c(CN(C)C2(C)CCN(C(=O)OC(C)C(F)(F)F)CC2)sc2ccccc12. The summed E-state index contributed by atoms with van der Waals surface area (Å²) in [6.45, 7) is 6.72. The summed E-state index contributed by atoms with van der Waals surface area (Å²) in [5.74, 6) is 0. The number of rotatable bonds is 4. The molecule has 1 atom stereocenters. The average Bonchev–Trinajstić information content (AvgIpc) is 2.97. The second-order valence-electron chi connectivity index (χ2n) is 8.05. The fraction of sp³-hybridized carbons (Fsp3) is 0.571. The van der Waals surface area contributed by atoms with Crippen LogP contribution < -0.4 is 0 Å². The second-order valence-corrected chi connectivity index (χ2v) is 9.19. The quantitative estimate of drug-likeness (QED) is 0.637. The Morgan fingerprint density at radius 1 is 1.31 bits per heavy atom. The third-order valence-electron chi connectivity index (χ3n) is 6.08. The van der Waals surface area contributed by atoms with Crippen molar-refractivity contribution in [1.82, 2.24) is 9.80 Å². The second kappa shape index (κ2) is 8.14. The van der Waals surface area contributed by atoms with Gasteiger partial charge in [0.2, 0.25) is 0 Å². The number of amides is 1. The summed E-state index contributed by atoms with van der Waals surface area (Å²) in [5.41, 5.74) is 1.16. The number of aryl methyl sites for hydroxylation is 1. The van der Waals surface area contributed by atoms with Crippen molar-refractivity contribution in [2.45, 2.75) is 58.0 Å². The molecule has 0 saturated carbocycles. The number of fused-ring (bicyclic) bond motifs is 1. The molecule has 0 N–H and O–H groups in total. The van der Waals surface area contributed by atoms with Crippen LogP contribution in [-0.2, 0) is 11.3 Å². The molecule has 1 aliphatic heterocycles. The van der Waals surface area contributed by atoms with Gasteiger partial charge in [0.25, 0.3) is 0 Å². The van der Waals surface area contributed by atoms with Gasteiger partial charge < -0.3 is 9.64 Å². The Morgan fingerprint density at radius 3 is 2.52 bits per heavy atom. The van der Waals surface area contributed by atoms with Crippen molar-refractivity contribution in [3.63, 3.8) is 0 Å². The molecule has 0 spiro atoms. The van der Waals surface area contributed by atoms with Gasteiger partial charge in [-0.1, -0.05) is 18.2 Å². The van der Waals surface area contributed by atoms with Crippen molar-refractivity contribution in [1.29, 1.82) is 0 Å². The van der Waals surface area contributed by atoms with E-state index in [0.29, 0.717) is 25.9 Å². The predicted octanol–water partition coefficient (Wildman–Crippen LogP) is 5.58. The minimum atomic E-state index is -4.54. The van der Waals surface area contributed by atoms with Crippen molar-refractivity contribution >= 4 is 27.5 Å². The zero-order valence-electron chi connectivity index (χ0n) is 17.2. The lowest BCUT2D eigenvalue weighted by atomic mass is 9.88. The molecule has 29 heavy (non-hydrogen) atoms. The van der Waals surface area contributed by atoms with E-state index in [4.69, 9.17) is 0 Å². The topological polar surface area (TPSA) is 32.8 Å². The molecule has 0 aliphatic carbocycles. The Balaban J connectivity index is 1.60. The van der Waals surface area contributed by atoms with Gasteiger partial charge in [-0.05, 0) is 57.7 Å². The molecule has 160 valence electrons. The fourth-order valence-corrected chi connectivity index (χ4v) is 4.89. The van der Waals surface area contributed by atoms with E-state index in [2.05, 4.69) is 42.7 Å². The van der Waals surface area contributed by atoms with Gasteiger partial charge in [-0.25, -0.2) is 4.79 Å². The highest BCUT2D eigenvalue weighted by Gasteiger charge is 2.41. The number of ether oxygens (including phenoxy) is 1. The van der Waals surface area contributed by atoms with Crippen LogP contribution in [-0.4, -0.2) is 53.8 Å². The van der Waals surface area contributed by atoms with Gasteiger partial charge in [0.15, 0.2) is 6.10 Å². The van der Waals surface area contributed by atoms with E-state index >= 15 is 0 Å². The minimum absolute atomic E-state index is 0.130. The number of carbonyl (C=O) groups excluding carboxylic acids is 1. The van der Waals surface area contributed by atoms with Gasteiger partial charge in [-0.2, -0.15) is 13.2 Å². The number of thiophene rings is 1. The highest BCUT2D eigenvalue weighted by molar-refractivity contribution is 7.19. The van der Waals surface area contributed by atoms with Gasteiger partial charge in [0.1, 0.15) is 0 Å². The molecule has 2 aromatic rings. The van der Waals surface area contributed by atoms with Gasteiger partial charge in [0, 0.05) is 34.8 Å². The summed E-state index contributed by atoms with van der Waals surface area (Å²) in [4.78, 5) is 17.1. The number of hydrogen-bond donors (Lipinski definition) is 0. The molecule has 1 aromatic carbocycles.